The molecule has 9 aromatic rings. The van der Waals surface area contributed by atoms with Gasteiger partial charge in [-0.2, -0.15) is 0 Å². The molecule has 8 aromatic carbocycles. The minimum absolute atomic E-state index is 0.189. The molecular formula is C53H44N2. The van der Waals surface area contributed by atoms with E-state index in [1.165, 1.54) is 88.5 Å². The summed E-state index contributed by atoms with van der Waals surface area (Å²) in [6.45, 7) is 9.35. The van der Waals surface area contributed by atoms with Gasteiger partial charge in [-0.25, -0.2) is 0 Å². The van der Waals surface area contributed by atoms with Gasteiger partial charge in [0.1, 0.15) is 0 Å². The molecule has 266 valence electrons. The maximum atomic E-state index is 2.57. The highest BCUT2D eigenvalue weighted by Gasteiger charge is 2.39. The van der Waals surface area contributed by atoms with Gasteiger partial charge in [0.05, 0.1) is 22.4 Å². The Labute approximate surface area is 323 Å². The maximum absolute atomic E-state index is 2.57. The Morgan fingerprint density at radius 3 is 1.85 bits per heavy atom. The predicted octanol–water partition coefficient (Wildman–Crippen LogP) is 14.5. The number of anilines is 3. The monoisotopic (exact) mass is 708 g/mol. The Morgan fingerprint density at radius 2 is 1.09 bits per heavy atom. The van der Waals surface area contributed by atoms with Crippen LogP contribution in [0.5, 0.6) is 0 Å². The van der Waals surface area contributed by atoms with Gasteiger partial charge in [-0.05, 0) is 111 Å². The molecule has 1 aliphatic rings. The van der Waals surface area contributed by atoms with Crippen molar-refractivity contribution in [2.24, 2.45) is 0 Å². The third-order valence-electron chi connectivity index (χ3n) is 12.1. The average molecular weight is 709 g/mol. The Morgan fingerprint density at radius 1 is 0.491 bits per heavy atom. The molecule has 0 saturated heterocycles. The van der Waals surface area contributed by atoms with Crippen LogP contribution < -0.4 is 4.90 Å². The van der Waals surface area contributed by atoms with E-state index < -0.39 is 0 Å². The molecule has 2 heteroatoms. The fourth-order valence-corrected chi connectivity index (χ4v) is 9.56. The molecule has 0 N–H and O–H groups in total. The van der Waals surface area contributed by atoms with Crippen LogP contribution in [0.1, 0.15) is 49.9 Å². The van der Waals surface area contributed by atoms with Gasteiger partial charge in [0, 0.05) is 33.1 Å². The third kappa shape index (κ3) is 5.08. The number of rotatable bonds is 7. The fourth-order valence-electron chi connectivity index (χ4n) is 9.56. The fraction of sp³-hybridized carbons (Fsp3) is 0.132. The second-order valence-electron chi connectivity index (χ2n) is 15.5. The molecule has 0 spiro atoms. The van der Waals surface area contributed by atoms with Crippen LogP contribution in [0.2, 0.25) is 0 Å². The minimum Gasteiger partial charge on any atom is -0.310 e. The molecular weight excluding hydrogens is 665 g/mol. The molecule has 55 heavy (non-hydrogen) atoms. The largest absolute Gasteiger partial charge is 0.310 e. The van der Waals surface area contributed by atoms with Gasteiger partial charge in [-0.3, -0.25) is 0 Å². The van der Waals surface area contributed by atoms with Crippen LogP contribution in [-0.2, 0) is 18.3 Å². The van der Waals surface area contributed by atoms with Crippen molar-refractivity contribution in [3.05, 3.63) is 192 Å². The maximum Gasteiger partial charge on any atom is 0.0543 e. The van der Waals surface area contributed by atoms with Crippen molar-refractivity contribution in [2.75, 3.05) is 4.90 Å². The molecule has 0 aliphatic heterocycles. The number of para-hydroxylation sites is 2. The molecule has 0 bridgehead atoms. The van der Waals surface area contributed by atoms with Gasteiger partial charge in [0.25, 0.3) is 0 Å². The summed E-state index contributed by atoms with van der Waals surface area (Å²) in [5.74, 6) is 0. The highest BCUT2D eigenvalue weighted by atomic mass is 15.1. The number of hydrogen-bond donors (Lipinski definition) is 0. The zero-order valence-corrected chi connectivity index (χ0v) is 32.0. The highest BCUT2D eigenvalue weighted by Crippen LogP contribution is 2.55. The number of aromatic nitrogens is 1. The van der Waals surface area contributed by atoms with E-state index in [-0.39, 0.29) is 5.41 Å². The van der Waals surface area contributed by atoms with Gasteiger partial charge in [-0.15, -0.1) is 0 Å². The van der Waals surface area contributed by atoms with Gasteiger partial charge >= 0.3 is 0 Å². The van der Waals surface area contributed by atoms with Gasteiger partial charge in [0.2, 0.25) is 0 Å². The van der Waals surface area contributed by atoms with E-state index in [0.29, 0.717) is 0 Å². The number of hydrogen-bond acceptors (Lipinski definition) is 1. The quantitative estimate of drug-likeness (QED) is 0.160. The molecule has 0 saturated carbocycles. The highest BCUT2D eigenvalue weighted by molar-refractivity contribution is 6.09. The van der Waals surface area contributed by atoms with Crippen LogP contribution >= 0.6 is 0 Å². The Balaban J connectivity index is 1.25. The standard InChI is InChI=1S/C53H44N2/c1-5-35-17-7-8-19-41(35)51-36(6-2)18-15-27-49(51)55(50-28-16-23-45-42-20-9-12-24-46(42)53(3,4)52(45)50)40-32-30-37-29-31-39(33-38(37)34-40)54-47-25-13-10-21-43(47)44-22-11-14-26-48(44)54/h7-34H,5-6H2,1-4H3. The Kier molecular flexibility index (Phi) is 7.78. The van der Waals surface area contributed by atoms with E-state index in [0.717, 1.165) is 24.2 Å². The minimum atomic E-state index is -0.189. The molecule has 1 aliphatic carbocycles. The Bertz CT molecular complexity index is 2890. The second kappa shape index (κ2) is 12.9. The summed E-state index contributed by atoms with van der Waals surface area (Å²) < 4.78 is 2.42. The summed E-state index contributed by atoms with van der Waals surface area (Å²) in [6.07, 6.45) is 1.91. The first-order chi connectivity index (χ1) is 27.0. The number of aryl methyl sites for hydroxylation is 2. The normalized spacial score (nSPS) is 13.0. The van der Waals surface area contributed by atoms with Gasteiger partial charge in [-0.1, -0.05) is 149 Å². The molecule has 0 radical (unpaired) electrons. The molecule has 0 atom stereocenters. The number of fused-ring (bicyclic) bond motifs is 7. The molecule has 2 nitrogen and oxygen atoms in total. The molecule has 0 amide bonds. The summed E-state index contributed by atoms with van der Waals surface area (Å²) in [4.78, 5) is 2.57. The van der Waals surface area contributed by atoms with E-state index >= 15 is 0 Å². The van der Waals surface area contributed by atoms with E-state index in [2.05, 4.69) is 207 Å². The van der Waals surface area contributed by atoms with Crippen LogP contribution in [0.25, 0.3) is 60.5 Å². The third-order valence-corrected chi connectivity index (χ3v) is 12.1. The second-order valence-corrected chi connectivity index (χ2v) is 15.5. The van der Waals surface area contributed by atoms with E-state index in [1.807, 2.05) is 0 Å². The summed E-state index contributed by atoms with van der Waals surface area (Å²) in [5.41, 5.74) is 17.7. The first kappa shape index (κ1) is 33.2. The first-order valence-electron chi connectivity index (χ1n) is 19.7. The SMILES string of the molecule is CCc1ccccc1-c1c(CC)cccc1N(c1ccc2ccc(-n3c4ccccc4c4ccccc43)cc2c1)c1cccc2c1C(C)(C)c1ccccc1-2. The van der Waals surface area contributed by atoms with Crippen molar-refractivity contribution in [3.63, 3.8) is 0 Å². The van der Waals surface area contributed by atoms with Crippen LogP contribution in [-0.4, -0.2) is 4.57 Å². The lowest BCUT2D eigenvalue weighted by molar-refractivity contribution is 0.661. The molecule has 10 rings (SSSR count). The lowest BCUT2D eigenvalue weighted by atomic mass is 9.81. The predicted molar refractivity (Wildman–Crippen MR) is 235 cm³/mol. The zero-order chi connectivity index (χ0) is 37.3. The van der Waals surface area contributed by atoms with Crippen molar-refractivity contribution in [1.29, 1.82) is 0 Å². The van der Waals surface area contributed by atoms with Crippen LogP contribution in [0.15, 0.2) is 170 Å². The van der Waals surface area contributed by atoms with E-state index in [4.69, 9.17) is 0 Å². The van der Waals surface area contributed by atoms with Crippen molar-refractivity contribution in [2.45, 2.75) is 46.0 Å². The van der Waals surface area contributed by atoms with Crippen LogP contribution in [0.4, 0.5) is 17.1 Å². The number of benzene rings is 8. The first-order valence-corrected chi connectivity index (χ1v) is 19.7. The van der Waals surface area contributed by atoms with Crippen molar-refractivity contribution >= 4 is 49.6 Å². The summed E-state index contributed by atoms with van der Waals surface area (Å²) >= 11 is 0. The van der Waals surface area contributed by atoms with E-state index in [9.17, 15) is 0 Å². The van der Waals surface area contributed by atoms with Crippen LogP contribution in [0, 0.1) is 0 Å². The molecule has 0 unspecified atom stereocenters. The summed E-state index contributed by atoms with van der Waals surface area (Å²) in [5, 5.41) is 4.97. The van der Waals surface area contributed by atoms with E-state index in [1.54, 1.807) is 0 Å². The van der Waals surface area contributed by atoms with Gasteiger partial charge < -0.3 is 9.47 Å². The zero-order valence-electron chi connectivity index (χ0n) is 32.0. The van der Waals surface area contributed by atoms with Crippen molar-refractivity contribution < 1.29 is 0 Å². The lowest BCUT2D eigenvalue weighted by Crippen LogP contribution is -2.21. The lowest BCUT2D eigenvalue weighted by Gasteiger charge is -2.34. The van der Waals surface area contributed by atoms with Gasteiger partial charge in [0.15, 0.2) is 0 Å². The van der Waals surface area contributed by atoms with Crippen molar-refractivity contribution in [3.8, 4) is 27.9 Å². The average Bonchev–Trinajstić information content (AvgIpc) is 3.69. The smallest absolute Gasteiger partial charge is 0.0543 e. The molecule has 1 heterocycles. The Hall–Kier alpha value is -6.38. The topological polar surface area (TPSA) is 8.17 Å². The number of nitrogens with zero attached hydrogens (tertiary/aromatic N) is 2. The summed E-state index contributed by atoms with van der Waals surface area (Å²) in [7, 11) is 0. The summed E-state index contributed by atoms with van der Waals surface area (Å²) in [6, 6.07) is 63.3. The molecule has 1 aromatic heterocycles. The molecule has 0 fully saturated rings. The van der Waals surface area contributed by atoms with Crippen molar-refractivity contribution in [1.82, 2.24) is 4.57 Å². The van der Waals surface area contributed by atoms with Crippen LogP contribution in [0.3, 0.4) is 0 Å².